The van der Waals surface area contributed by atoms with Gasteiger partial charge in [-0.3, -0.25) is 0 Å². The van der Waals surface area contributed by atoms with Crippen LogP contribution in [0.15, 0.2) is 36.7 Å². The van der Waals surface area contributed by atoms with Gasteiger partial charge in [0.15, 0.2) is 0 Å². The molecule has 1 aromatic heterocycles. The molecule has 1 atom stereocenters. The molecule has 2 aromatic rings. The SMILES string of the molecule is CCc1ccc(-n2cc(B3OC(C)(C)C(C)(CS)O3)cn2)cc1. The average Bonchev–Trinajstić information content (AvgIpc) is 3.11. The predicted molar refractivity (Wildman–Crippen MR) is 96.8 cm³/mol. The number of nitrogens with zero attached hydrogens (tertiary/aromatic N) is 2. The van der Waals surface area contributed by atoms with Crippen LogP contribution in [0.1, 0.15) is 33.3 Å². The van der Waals surface area contributed by atoms with Crippen LogP contribution in [-0.2, 0) is 15.7 Å². The van der Waals surface area contributed by atoms with Crippen molar-refractivity contribution in [3.05, 3.63) is 42.2 Å². The highest BCUT2D eigenvalue weighted by atomic mass is 32.1. The van der Waals surface area contributed by atoms with Crippen LogP contribution in [0.4, 0.5) is 0 Å². The van der Waals surface area contributed by atoms with Gasteiger partial charge in [0.25, 0.3) is 0 Å². The molecule has 0 bridgehead atoms. The summed E-state index contributed by atoms with van der Waals surface area (Å²) in [5.41, 5.74) is 2.44. The van der Waals surface area contributed by atoms with Gasteiger partial charge in [-0.25, -0.2) is 4.68 Å². The molecule has 122 valence electrons. The van der Waals surface area contributed by atoms with Crippen molar-refractivity contribution >= 4 is 25.2 Å². The normalized spacial score (nSPS) is 23.4. The van der Waals surface area contributed by atoms with E-state index in [0.29, 0.717) is 5.75 Å². The number of aryl methyl sites for hydroxylation is 1. The second-order valence-corrected chi connectivity index (χ2v) is 7.02. The summed E-state index contributed by atoms with van der Waals surface area (Å²) in [4.78, 5) is 0. The standard InChI is InChI=1S/C17H23BN2O2S/c1-5-13-6-8-15(9-7-13)20-11-14(10-19-20)18-21-16(2,3)17(4,12-23)22-18/h6-11,23H,5,12H2,1-4H3. The molecule has 23 heavy (non-hydrogen) atoms. The van der Waals surface area contributed by atoms with E-state index in [1.54, 1.807) is 6.20 Å². The van der Waals surface area contributed by atoms with Crippen molar-refractivity contribution in [2.75, 3.05) is 5.75 Å². The molecule has 4 nitrogen and oxygen atoms in total. The lowest BCUT2D eigenvalue weighted by Gasteiger charge is -2.34. The van der Waals surface area contributed by atoms with Gasteiger partial charge < -0.3 is 9.31 Å². The summed E-state index contributed by atoms with van der Waals surface area (Å²) in [6.07, 6.45) is 4.80. The van der Waals surface area contributed by atoms with Crippen LogP contribution < -0.4 is 5.46 Å². The van der Waals surface area contributed by atoms with Gasteiger partial charge in [-0.1, -0.05) is 19.1 Å². The Morgan fingerprint density at radius 3 is 2.43 bits per heavy atom. The molecule has 0 saturated carbocycles. The first-order valence-electron chi connectivity index (χ1n) is 7.99. The van der Waals surface area contributed by atoms with Gasteiger partial charge in [-0.15, -0.1) is 0 Å². The quantitative estimate of drug-likeness (QED) is 0.692. The van der Waals surface area contributed by atoms with Gasteiger partial charge in [0.05, 0.1) is 16.9 Å². The Hall–Kier alpha value is -1.24. The van der Waals surface area contributed by atoms with E-state index in [1.165, 1.54) is 5.56 Å². The molecule has 3 rings (SSSR count). The van der Waals surface area contributed by atoms with Crippen molar-refractivity contribution in [3.63, 3.8) is 0 Å². The fraction of sp³-hybridized carbons (Fsp3) is 0.471. The lowest BCUT2D eigenvalue weighted by atomic mass is 9.82. The van der Waals surface area contributed by atoms with Crippen LogP contribution in [-0.4, -0.2) is 33.9 Å². The Morgan fingerprint density at radius 1 is 1.17 bits per heavy atom. The Bertz CT molecular complexity index is 686. The lowest BCUT2D eigenvalue weighted by molar-refractivity contribution is 0.00992. The van der Waals surface area contributed by atoms with E-state index in [0.717, 1.165) is 17.6 Å². The van der Waals surface area contributed by atoms with E-state index in [-0.39, 0.29) is 0 Å². The first-order chi connectivity index (χ1) is 10.9. The summed E-state index contributed by atoms with van der Waals surface area (Å²) >= 11 is 4.42. The first kappa shape index (κ1) is 16.6. The largest absolute Gasteiger partial charge is 0.498 e. The topological polar surface area (TPSA) is 36.3 Å². The van der Waals surface area contributed by atoms with E-state index < -0.39 is 18.3 Å². The maximum absolute atomic E-state index is 6.13. The molecule has 6 heteroatoms. The third-order valence-electron chi connectivity index (χ3n) is 4.83. The third kappa shape index (κ3) is 2.95. The van der Waals surface area contributed by atoms with E-state index in [4.69, 9.17) is 9.31 Å². The van der Waals surface area contributed by atoms with Crippen LogP contribution in [0.3, 0.4) is 0 Å². The molecule has 0 spiro atoms. The molecule has 1 aromatic carbocycles. The van der Waals surface area contributed by atoms with E-state index in [2.05, 4.69) is 48.9 Å². The monoisotopic (exact) mass is 330 g/mol. The fourth-order valence-electron chi connectivity index (χ4n) is 2.64. The maximum atomic E-state index is 6.13. The Balaban J connectivity index is 1.82. The predicted octanol–water partition coefficient (Wildman–Crippen LogP) is 2.64. The number of thiol groups is 1. The highest BCUT2D eigenvalue weighted by Gasteiger charge is 2.54. The zero-order valence-electron chi connectivity index (χ0n) is 14.1. The van der Waals surface area contributed by atoms with Gasteiger partial charge >= 0.3 is 7.12 Å². The summed E-state index contributed by atoms with van der Waals surface area (Å²) in [5.74, 6) is 0.600. The molecule has 2 heterocycles. The molecule has 0 radical (unpaired) electrons. The van der Waals surface area contributed by atoms with Crippen molar-refractivity contribution in [1.82, 2.24) is 9.78 Å². The molecule has 0 N–H and O–H groups in total. The van der Waals surface area contributed by atoms with Gasteiger partial charge in [0.1, 0.15) is 0 Å². The Morgan fingerprint density at radius 2 is 1.87 bits per heavy atom. The van der Waals surface area contributed by atoms with Gasteiger partial charge in [0.2, 0.25) is 0 Å². The van der Waals surface area contributed by atoms with Gasteiger partial charge in [-0.05, 0) is 44.9 Å². The van der Waals surface area contributed by atoms with Crippen molar-refractivity contribution < 1.29 is 9.31 Å². The Kier molecular flexibility index (Phi) is 4.34. The van der Waals surface area contributed by atoms with Crippen LogP contribution in [0.25, 0.3) is 5.69 Å². The molecule has 1 aliphatic rings. The second kappa shape index (κ2) is 6.00. The first-order valence-corrected chi connectivity index (χ1v) is 8.62. The molecule has 1 unspecified atom stereocenters. The van der Waals surface area contributed by atoms with Crippen molar-refractivity contribution in [3.8, 4) is 5.69 Å². The number of benzene rings is 1. The zero-order chi connectivity index (χ0) is 16.7. The van der Waals surface area contributed by atoms with Crippen LogP contribution in [0.2, 0.25) is 0 Å². The minimum Gasteiger partial charge on any atom is -0.399 e. The highest BCUT2D eigenvalue weighted by Crippen LogP contribution is 2.37. The Labute approximate surface area is 143 Å². The smallest absolute Gasteiger partial charge is 0.399 e. The summed E-state index contributed by atoms with van der Waals surface area (Å²) < 4.78 is 14.1. The zero-order valence-corrected chi connectivity index (χ0v) is 15.0. The minimum absolute atomic E-state index is 0.399. The van der Waals surface area contributed by atoms with Gasteiger partial charge in [-0.2, -0.15) is 17.7 Å². The van der Waals surface area contributed by atoms with E-state index >= 15 is 0 Å². The van der Waals surface area contributed by atoms with Crippen molar-refractivity contribution in [1.29, 1.82) is 0 Å². The number of rotatable bonds is 4. The highest BCUT2D eigenvalue weighted by molar-refractivity contribution is 7.80. The minimum atomic E-state index is -0.425. The number of hydrogen-bond acceptors (Lipinski definition) is 4. The maximum Gasteiger partial charge on any atom is 0.498 e. The summed E-state index contributed by atoms with van der Waals surface area (Å²) in [6, 6.07) is 8.40. The fourth-order valence-corrected chi connectivity index (χ4v) is 3.10. The van der Waals surface area contributed by atoms with E-state index in [1.807, 2.05) is 31.6 Å². The summed E-state index contributed by atoms with van der Waals surface area (Å²) in [5, 5.41) is 4.45. The number of hydrogen-bond donors (Lipinski definition) is 1. The summed E-state index contributed by atoms with van der Waals surface area (Å²) in [7, 11) is -0.411. The molecular formula is C17H23BN2O2S. The molecule has 1 fully saturated rings. The van der Waals surface area contributed by atoms with Crippen LogP contribution in [0.5, 0.6) is 0 Å². The van der Waals surface area contributed by atoms with Crippen LogP contribution >= 0.6 is 12.6 Å². The number of aromatic nitrogens is 2. The van der Waals surface area contributed by atoms with Gasteiger partial charge in [0, 0.05) is 23.6 Å². The van der Waals surface area contributed by atoms with E-state index in [9.17, 15) is 0 Å². The third-order valence-corrected chi connectivity index (χ3v) is 5.43. The van der Waals surface area contributed by atoms with Crippen molar-refractivity contribution in [2.45, 2.75) is 45.3 Å². The lowest BCUT2D eigenvalue weighted by Crippen LogP contribution is -2.46. The molecule has 0 aliphatic carbocycles. The second-order valence-electron chi connectivity index (χ2n) is 6.71. The average molecular weight is 330 g/mol. The van der Waals surface area contributed by atoms with Crippen molar-refractivity contribution in [2.24, 2.45) is 0 Å². The van der Waals surface area contributed by atoms with Crippen LogP contribution in [0, 0.1) is 0 Å². The molecule has 0 amide bonds. The summed E-state index contributed by atoms with van der Waals surface area (Å²) in [6.45, 7) is 8.26. The molecule has 1 aliphatic heterocycles. The molecular weight excluding hydrogens is 307 g/mol. The molecule has 1 saturated heterocycles.